The van der Waals surface area contributed by atoms with Crippen LogP contribution in [0, 0.1) is 6.92 Å². The van der Waals surface area contributed by atoms with Gasteiger partial charge in [-0.15, -0.1) is 11.3 Å². The van der Waals surface area contributed by atoms with E-state index in [1.54, 1.807) is 42.5 Å². The van der Waals surface area contributed by atoms with Gasteiger partial charge in [0.1, 0.15) is 6.04 Å². The van der Waals surface area contributed by atoms with E-state index in [1.165, 1.54) is 6.92 Å². The first-order valence-corrected chi connectivity index (χ1v) is 9.76. The Kier molecular flexibility index (Phi) is 6.06. The van der Waals surface area contributed by atoms with E-state index in [9.17, 15) is 9.59 Å². The Bertz CT molecular complexity index is 965. The van der Waals surface area contributed by atoms with Crippen molar-refractivity contribution in [3.8, 4) is 11.3 Å². The molecule has 0 saturated heterocycles. The molecule has 6 nitrogen and oxygen atoms in total. The number of carbonyl (C=O) groups excluding carboxylic acids is 2. The lowest BCUT2D eigenvalue weighted by atomic mass is 10.1. The third-order valence-corrected chi connectivity index (χ3v) is 4.82. The number of hydrogen-bond donors (Lipinski definition) is 3. The number of thiazole rings is 1. The van der Waals surface area contributed by atoms with Gasteiger partial charge >= 0.3 is 0 Å². The molecule has 2 aromatic carbocycles. The molecule has 0 radical (unpaired) electrons. The number of aryl methyl sites for hydroxylation is 1. The monoisotopic (exact) mass is 394 g/mol. The van der Waals surface area contributed by atoms with Crippen LogP contribution in [0.5, 0.6) is 0 Å². The number of aromatic nitrogens is 1. The normalized spacial score (nSPS) is 11.5. The highest BCUT2D eigenvalue weighted by Crippen LogP contribution is 2.23. The maximum atomic E-state index is 12.4. The first kappa shape index (κ1) is 19.6. The Morgan fingerprint density at radius 3 is 2.04 bits per heavy atom. The fraction of sp³-hybridized carbons (Fsp3) is 0.190. The second kappa shape index (κ2) is 8.67. The summed E-state index contributed by atoms with van der Waals surface area (Å²) in [7, 11) is 0. The van der Waals surface area contributed by atoms with Crippen molar-refractivity contribution in [1.82, 2.24) is 4.98 Å². The molecule has 7 heteroatoms. The van der Waals surface area contributed by atoms with Crippen molar-refractivity contribution < 1.29 is 9.59 Å². The molecule has 0 aliphatic rings. The first-order valence-electron chi connectivity index (χ1n) is 8.88. The molecule has 1 aromatic heterocycles. The van der Waals surface area contributed by atoms with Crippen molar-refractivity contribution in [2.45, 2.75) is 26.8 Å². The third-order valence-electron chi connectivity index (χ3n) is 4.05. The zero-order valence-corrected chi connectivity index (χ0v) is 16.8. The van der Waals surface area contributed by atoms with Crippen LogP contribution in [-0.4, -0.2) is 22.8 Å². The lowest BCUT2D eigenvalue weighted by Crippen LogP contribution is -2.31. The number of rotatable bonds is 6. The first-order chi connectivity index (χ1) is 13.4. The number of anilines is 3. The minimum atomic E-state index is -0.414. The van der Waals surface area contributed by atoms with Crippen LogP contribution < -0.4 is 16.0 Å². The number of nitrogens with one attached hydrogen (secondary N) is 3. The Balaban J connectivity index is 1.57. The molecule has 144 valence electrons. The summed E-state index contributed by atoms with van der Waals surface area (Å²) in [5, 5.41) is 11.8. The van der Waals surface area contributed by atoms with Gasteiger partial charge in [0.25, 0.3) is 0 Å². The molecule has 3 aromatic rings. The number of carbonyl (C=O) groups is 2. The second-order valence-corrected chi connectivity index (χ2v) is 7.51. The van der Waals surface area contributed by atoms with Gasteiger partial charge in [-0.3, -0.25) is 9.59 Å². The fourth-order valence-electron chi connectivity index (χ4n) is 2.64. The molecule has 0 aliphatic carbocycles. The van der Waals surface area contributed by atoms with E-state index < -0.39 is 6.04 Å². The quantitative estimate of drug-likeness (QED) is 0.574. The number of amides is 2. The maximum Gasteiger partial charge on any atom is 0.246 e. The van der Waals surface area contributed by atoms with Crippen molar-refractivity contribution in [3.05, 3.63) is 58.9 Å². The van der Waals surface area contributed by atoms with Gasteiger partial charge in [0.2, 0.25) is 11.8 Å². The average Bonchev–Trinajstić information content (AvgIpc) is 3.10. The molecule has 3 rings (SSSR count). The topological polar surface area (TPSA) is 83.1 Å². The summed E-state index contributed by atoms with van der Waals surface area (Å²) in [4.78, 5) is 27.9. The Labute approximate surface area is 168 Å². The highest BCUT2D eigenvalue weighted by molar-refractivity contribution is 7.09. The molecule has 0 spiro atoms. The maximum absolute atomic E-state index is 12.4. The smallest absolute Gasteiger partial charge is 0.246 e. The Morgan fingerprint density at radius 1 is 0.929 bits per heavy atom. The molecule has 0 unspecified atom stereocenters. The standard InChI is InChI=1S/C21H22N4O2S/c1-13(21(27)25-19-10-8-18(9-11-19)23-14(2)26)22-17-6-4-16(5-7-17)20-12-28-15(3)24-20/h4-13,22H,1-3H3,(H,23,26)(H,25,27)/t13-/m0/s1. The molecule has 0 saturated carbocycles. The van der Waals surface area contributed by atoms with E-state index in [1.807, 2.05) is 36.6 Å². The lowest BCUT2D eigenvalue weighted by Gasteiger charge is -2.16. The van der Waals surface area contributed by atoms with Gasteiger partial charge in [0.05, 0.1) is 10.7 Å². The van der Waals surface area contributed by atoms with Gasteiger partial charge in [0.15, 0.2) is 0 Å². The van der Waals surface area contributed by atoms with Crippen molar-refractivity contribution in [2.24, 2.45) is 0 Å². The molecule has 1 atom stereocenters. The summed E-state index contributed by atoms with van der Waals surface area (Å²) in [6.07, 6.45) is 0. The molecule has 0 fully saturated rings. The van der Waals surface area contributed by atoms with Crippen molar-refractivity contribution in [2.75, 3.05) is 16.0 Å². The van der Waals surface area contributed by atoms with E-state index in [4.69, 9.17) is 0 Å². The summed E-state index contributed by atoms with van der Waals surface area (Å²) in [6.45, 7) is 5.24. The molecule has 1 heterocycles. The van der Waals surface area contributed by atoms with Crippen LogP contribution >= 0.6 is 11.3 Å². The molecular formula is C21H22N4O2S. The van der Waals surface area contributed by atoms with Crippen LogP contribution in [0.1, 0.15) is 18.9 Å². The summed E-state index contributed by atoms with van der Waals surface area (Å²) in [5.41, 5.74) is 4.22. The van der Waals surface area contributed by atoms with Gasteiger partial charge in [-0.2, -0.15) is 0 Å². The SMILES string of the molecule is CC(=O)Nc1ccc(NC(=O)[C@H](C)Nc2ccc(-c3csc(C)n3)cc2)cc1. The molecular weight excluding hydrogens is 372 g/mol. The van der Waals surface area contributed by atoms with Gasteiger partial charge in [-0.25, -0.2) is 4.98 Å². The van der Waals surface area contributed by atoms with Gasteiger partial charge in [-0.1, -0.05) is 12.1 Å². The summed E-state index contributed by atoms with van der Waals surface area (Å²) >= 11 is 1.62. The van der Waals surface area contributed by atoms with Crippen LogP contribution in [0.2, 0.25) is 0 Å². The fourth-order valence-corrected chi connectivity index (χ4v) is 3.26. The Morgan fingerprint density at radius 2 is 1.50 bits per heavy atom. The van der Waals surface area contributed by atoms with E-state index in [0.29, 0.717) is 11.4 Å². The largest absolute Gasteiger partial charge is 0.374 e. The number of hydrogen-bond acceptors (Lipinski definition) is 5. The van der Waals surface area contributed by atoms with Gasteiger partial charge in [0, 0.05) is 34.9 Å². The number of benzene rings is 2. The molecule has 3 N–H and O–H groups in total. The molecule has 0 bridgehead atoms. The van der Waals surface area contributed by atoms with Crippen molar-refractivity contribution in [1.29, 1.82) is 0 Å². The van der Waals surface area contributed by atoms with E-state index in [-0.39, 0.29) is 11.8 Å². The summed E-state index contributed by atoms with van der Waals surface area (Å²) < 4.78 is 0. The van der Waals surface area contributed by atoms with Crippen LogP contribution in [0.25, 0.3) is 11.3 Å². The van der Waals surface area contributed by atoms with Crippen LogP contribution in [0.15, 0.2) is 53.9 Å². The summed E-state index contributed by atoms with van der Waals surface area (Å²) in [5.74, 6) is -0.281. The zero-order valence-electron chi connectivity index (χ0n) is 15.9. The third kappa shape index (κ3) is 5.17. The van der Waals surface area contributed by atoms with Crippen LogP contribution in [0.3, 0.4) is 0 Å². The molecule has 0 aliphatic heterocycles. The van der Waals surface area contributed by atoms with Gasteiger partial charge in [-0.05, 0) is 50.2 Å². The predicted molar refractivity (Wildman–Crippen MR) is 115 cm³/mol. The van der Waals surface area contributed by atoms with Crippen LogP contribution in [-0.2, 0) is 9.59 Å². The minimum absolute atomic E-state index is 0.134. The highest BCUT2D eigenvalue weighted by atomic mass is 32.1. The van der Waals surface area contributed by atoms with E-state index in [2.05, 4.69) is 20.9 Å². The predicted octanol–water partition coefficient (Wildman–Crippen LogP) is 4.52. The van der Waals surface area contributed by atoms with E-state index in [0.717, 1.165) is 22.0 Å². The summed E-state index contributed by atoms with van der Waals surface area (Å²) in [6, 6.07) is 14.4. The van der Waals surface area contributed by atoms with Crippen molar-refractivity contribution >= 4 is 40.2 Å². The van der Waals surface area contributed by atoms with Gasteiger partial charge < -0.3 is 16.0 Å². The van der Waals surface area contributed by atoms with Crippen molar-refractivity contribution in [3.63, 3.8) is 0 Å². The lowest BCUT2D eigenvalue weighted by molar-refractivity contribution is -0.116. The number of nitrogens with zero attached hydrogens (tertiary/aromatic N) is 1. The average molecular weight is 395 g/mol. The minimum Gasteiger partial charge on any atom is -0.374 e. The zero-order chi connectivity index (χ0) is 20.1. The van der Waals surface area contributed by atoms with E-state index >= 15 is 0 Å². The highest BCUT2D eigenvalue weighted by Gasteiger charge is 2.13. The molecule has 2 amide bonds. The Hall–Kier alpha value is -3.19. The van der Waals surface area contributed by atoms with Crippen LogP contribution in [0.4, 0.5) is 17.1 Å². The second-order valence-electron chi connectivity index (χ2n) is 6.44. The molecule has 28 heavy (non-hydrogen) atoms.